The molecule has 5 heteroatoms. The van der Waals surface area contributed by atoms with Crippen molar-refractivity contribution < 1.29 is 0 Å². The lowest BCUT2D eigenvalue weighted by Crippen LogP contribution is -2.23. The van der Waals surface area contributed by atoms with Crippen LogP contribution in [0.5, 0.6) is 0 Å². The van der Waals surface area contributed by atoms with Gasteiger partial charge in [-0.3, -0.25) is 0 Å². The summed E-state index contributed by atoms with van der Waals surface area (Å²) in [6, 6.07) is 5.96. The Labute approximate surface area is 131 Å². The number of nitrogens with one attached hydrogen (secondary N) is 1. The van der Waals surface area contributed by atoms with Crippen LogP contribution in [0.3, 0.4) is 0 Å². The van der Waals surface area contributed by atoms with Gasteiger partial charge in [0.1, 0.15) is 5.01 Å². The second-order valence-electron chi connectivity index (χ2n) is 4.38. The summed E-state index contributed by atoms with van der Waals surface area (Å²) in [6.45, 7) is 5.12. The zero-order valence-electron chi connectivity index (χ0n) is 10.9. The molecule has 2 nitrogen and oxygen atoms in total. The van der Waals surface area contributed by atoms with Crippen molar-refractivity contribution in [3.05, 3.63) is 49.3 Å². The van der Waals surface area contributed by atoms with Crippen LogP contribution in [0.15, 0.2) is 28.1 Å². The minimum atomic E-state index is 0.0896. The van der Waals surface area contributed by atoms with Gasteiger partial charge >= 0.3 is 0 Å². The van der Waals surface area contributed by atoms with Gasteiger partial charge < -0.3 is 5.32 Å². The predicted octanol–water partition coefficient (Wildman–Crippen LogP) is 4.96. The van der Waals surface area contributed by atoms with E-state index < -0.39 is 0 Å². The maximum Gasteiger partial charge on any atom is 0.114 e. The highest BCUT2D eigenvalue weighted by molar-refractivity contribution is 9.10. The SMILES string of the molecule is CCCNC(c1nc(C)cs1)c1cc(Cl)ccc1Br. The minimum absolute atomic E-state index is 0.0896. The molecule has 0 fully saturated rings. The molecule has 0 saturated heterocycles. The average Bonchev–Trinajstić information content (AvgIpc) is 2.80. The van der Waals surface area contributed by atoms with Crippen molar-refractivity contribution in [3.8, 4) is 0 Å². The smallest absolute Gasteiger partial charge is 0.114 e. The Bertz CT molecular complexity index is 556. The molecule has 1 atom stereocenters. The van der Waals surface area contributed by atoms with Gasteiger partial charge in [-0.25, -0.2) is 4.98 Å². The van der Waals surface area contributed by atoms with Crippen molar-refractivity contribution in [2.75, 3.05) is 6.54 Å². The fraction of sp³-hybridized carbons (Fsp3) is 0.357. The Morgan fingerprint density at radius 1 is 1.47 bits per heavy atom. The first-order valence-corrected chi connectivity index (χ1v) is 8.27. The fourth-order valence-electron chi connectivity index (χ4n) is 1.86. The Balaban J connectivity index is 2.39. The second kappa shape index (κ2) is 6.84. The number of thiazole rings is 1. The van der Waals surface area contributed by atoms with E-state index in [1.54, 1.807) is 11.3 Å². The molecule has 0 spiro atoms. The summed E-state index contributed by atoms with van der Waals surface area (Å²) in [7, 11) is 0. The lowest BCUT2D eigenvalue weighted by molar-refractivity contribution is 0.593. The summed E-state index contributed by atoms with van der Waals surface area (Å²) < 4.78 is 1.05. The molecule has 1 aromatic carbocycles. The molecule has 2 aromatic rings. The largest absolute Gasteiger partial charge is 0.304 e. The van der Waals surface area contributed by atoms with E-state index in [2.05, 4.69) is 38.5 Å². The van der Waals surface area contributed by atoms with Gasteiger partial charge in [0, 0.05) is 20.6 Å². The van der Waals surface area contributed by atoms with E-state index in [1.165, 1.54) is 0 Å². The Morgan fingerprint density at radius 2 is 2.26 bits per heavy atom. The third kappa shape index (κ3) is 3.78. The number of hydrogen-bond acceptors (Lipinski definition) is 3. The molecule has 2 rings (SSSR count). The number of benzene rings is 1. The van der Waals surface area contributed by atoms with Crippen LogP contribution in [0, 0.1) is 6.92 Å². The molecule has 0 radical (unpaired) electrons. The normalized spacial score (nSPS) is 12.6. The van der Waals surface area contributed by atoms with Gasteiger partial charge in [-0.1, -0.05) is 34.5 Å². The first-order chi connectivity index (χ1) is 9.11. The van der Waals surface area contributed by atoms with Crippen LogP contribution < -0.4 is 5.32 Å². The highest BCUT2D eigenvalue weighted by atomic mass is 79.9. The summed E-state index contributed by atoms with van der Waals surface area (Å²) in [6.07, 6.45) is 1.08. The predicted molar refractivity (Wildman–Crippen MR) is 86.1 cm³/mol. The minimum Gasteiger partial charge on any atom is -0.304 e. The van der Waals surface area contributed by atoms with Gasteiger partial charge in [-0.2, -0.15) is 0 Å². The molecule has 0 bridgehead atoms. The number of halogens is 2. The number of hydrogen-bond donors (Lipinski definition) is 1. The maximum absolute atomic E-state index is 6.12. The lowest BCUT2D eigenvalue weighted by atomic mass is 10.1. The monoisotopic (exact) mass is 358 g/mol. The van der Waals surface area contributed by atoms with Gasteiger partial charge in [0.15, 0.2) is 0 Å². The molecule has 102 valence electrons. The summed E-state index contributed by atoms with van der Waals surface area (Å²) >= 11 is 11.4. The van der Waals surface area contributed by atoms with Crippen molar-refractivity contribution in [2.45, 2.75) is 26.3 Å². The summed E-state index contributed by atoms with van der Waals surface area (Å²) in [4.78, 5) is 4.60. The average molecular weight is 360 g/mol. The Morgan fingerprint density at radius 3 is 2.89 bits per heavy atom. The van der Waals surface area contributed by atoms with Gasteiger partial charge in [0.05, 0.1) is 6.04 Å². The van der Waals surface area contributed by atoms with Crippen LogP contribution in [0.25, 0.3) is 0 Å². The van der Waals surface area contributed by atoms with E-state index in [-0.39, 0.29) is 6.04 Å². The number of aromatic nitrogens is 1. The van der Waals surface area contributed by atoms with Crippen molar-refractivity contribution in [1.82, 2.24) is 10.3 Å². The third-order valence-corrected chi connectivity index (χ3v) is 4.74. The van der Waals surface area contributed by atoms with Crippen molar-refractivity contribution >= 4 is 38.9 Å². The van der Waals surface area contributed by atoms with E-state index in [4.69, 9.17) is 11.6 Å². The number of rotatable bonds is 5. The molecule has 0 aliphatic rings. The van der Waals surface area contributed by atoms with E-state index in [0.29, 0.717) is 0 Å². The molecule has 1 unspecified atom stereocenters. The Kier molecular flexibility index (Phi) is 5.39. The van der Waals surface area contributed by atoms with Crippen molar-refractivity contribution in [3.63, 3.8) is 0 Å². The standard InChI is InChI=1S/C14H16BrClN2S/c1-3-6-17-13(14-18-9(2)8-19-14)11-7-10(16)4-5-12(11)15/h4-5,7-8,13,17H,3,6H2,1-2H3. The van der Waals surface area contributed by atoms with E-state index >= 15 is 0 Å². The third-order valence-electron chi connectivity index (χ3n) is 2.75. The van der Waals surface area contributed by atoms with Crippen LogP contribution in [-0.4, -0.2) is 11.5 Å². The quantitative estimate of drug-likeness (QED) is 0.816. The second-order valence-corrected chi connectivity index (χ2v) is 6.56. The maximum atomic E-state index is 6.12. The molecular weight excluding hydrogens is 344 g/mol. The van der Waals surface area contributed by atoms with Crippen LogP contribution in [0.1, 0.15) is 35.7 Å². The molecule has 1 heterocycles. The number of nitrogens with zero attached hydrogens (tertiary/aromatic N) is 1. The van der Waals surface area contributed by atoms with Gasteiger partial charge in [-0.05, 0) is 43.7 Å². The molecule has 0 aliphatic heterocycles. The van der Waals surface area contributed by atoms with Crippen LogP contribution in [0.4, 0.5) is 0 Å². The van der Waals surface area contributed by atoms with Crippen LogP contribution in [0.2, 0.25) is 5.02 Å². The van der Waals surface area contributed by atoms with Crippen LogP contribution >= 0.6 is 38.9 Å². The number of aryl methyl sites for hydroxylation is 1. The first-order valence-electron chi connectivity index (χ1n) is 6.22. The van der Waals surface area contributed by atoms with E-state index in [1.807, 2.05) is 25.1 Å². The van der Waals surface area contributed by atoms with Gasteiger partial charge in [0.25, 0.3) is 0 Å². The zero-order chi connectivity index (χ0) is 13.8. The molecule has 1 aromatic heterocycles. The molecule has 19 heavy (non-hydrogen) atoms. The van der Waals surface area contributed by atoms with Crippen molar-refractivity contribution in [1.29, 1.82) is 0 Å². The zero-order valence-corrected chi connectivity index (χ0v) is 14.1. The van der Waals surface area contributed by atoms with E-state index in [9.17, 15) is 0 Å². The van der Waals surface area contributed by atoms with Gasteiger partial charge in [-0.15, -0.1) is 11.3 Å². The van der Waals surface area contributed by atoms with Crippen LogP contribution in [-0.2, 0) is 0 Å². The van der Waals surface area contributed by atoms with Crippen molar-refractivity contribution in [2.24, 2.45) is 0 Å². The molecule has 0 aliphatic carbocycles. The summed E-state index contributed by atoms with van der Waals surface area (Å²) in [5.41, 5.74) is 2.19. The topological polar surface area (TPSA) is 24.9 Å². The highest BCUT2D eigenvalue weighted by Gasteiger charge is 2.19. The summed E-state index contributed by atoms with van der Waals surface area (Å²) in [5, 5.41) is 7.44. The fourth-order valence-corrected chi connectivity index (χ4v) is 3.40. The highest BCUT2D eigenvalue weighted by Crippen LogP contribution is 2.32. The Hall–Kier alpha value is -0.420. The van der Waals surface area contributed by atoms with E-state index in [0.717, 1.165) is 38.7 Å². The van der Waals surface area contributed by atoms with Gasteiger partial charge in [0.2, 0.25) is 0 Å². The summed E-state index contributed by atoms with van der Waals surface area (Å²) in [5.74, 6) is 0. The molecule has 1 N–H and O–H groups in total. The molecular formula is C14H16BrClN2S. The molecule has 0 amide bonds. The molecule has 0 saturated carbocycles. The lowest BCUT2D eigenvalue weighted by Gasteiger charge is -2.18. The first kappa shape index (κ1) is 15.0.